The van der Waals surface area contributed by atoms with Crippen LogP contribution in [0.5, 0.6) is 5.75 Å². The average molecular weight is 300 g/mol. The van der Waals surface area contributed by atoms with E-state index >= 15 is 0 Å². The van der Waals surface area contributed by atoms with Crippen molar-refractivity contribution in [3.05, 3.63) is 36.4 Å². The van der Waals surface area contributed by atoms with Gasteiger partial charge < -0.3 is 15.6 Å². The van der Waals surface area contributed by atoms with E-state index in [4.69, 9.17) is 15.6 Å². The van der Waals surface area contributed by atoms with E-state index in [0.717, 1.165) is 4.31 Å². The van der Waals surface area contributed by atoms with Crippen LogP contribution in [0, 0.1) is 0 Å². The van der Waals surface area contributed by atoms with Gasteiger partial charge in [-0.1, -0.05) is 6.08 Å². The summed E-state index contributed by atoms with van der Waals surface area (Å²) in [5.41, 5.74) is 6.19. The second kappa shape index (κ2) is 7.39. The Hall–Kier alpha value is -1.41. The topological polar surface area (TPSA) is 92.9 Å². The van der Waals surface area contributed by atoms with Crippen molar-refractivity contribution in [1.82, 2.24) is 4.31 Å². The fourth-order valence-corrected chi connectivity index (χ4v) is 3.24. The Morgan fingerprint density at radius 3 is 2.70 bits per heavy atom. The van der Waals surface area contributed by atoms with Gasteiger partial charge in [0.05, 0.1) is 18.6 Å². The minimum absolute atomic E-state index is 0.0122. The van der Waals surface area contributed by atoms with Crippen molar-refractivity contribution in [3.8, 4) is 5.75 Å². The zero-order chi connectivity index (χ0) is 15.2. The molecule has 0 atom stereocenters. The van der Waals surface area contributed by atoms with Crippen LogP contribution in [0.1, 0.15) is 5.56 Å². The fourth-order valence-electron chi connectivity index (χ4n) is 1.79. The minimum atomic E-state index is -3.69. The molecule has 3 N–H and O–H groups in total. The first-order valence-corrected chi connectivity index (χ1v) is 7.54. The van der Waals surface area contributed by atoms with Crippen molar-refractivity contribution in [2.45, 2.75) is 11.4 Å². The lowest BCUT2D eigenvalue weighted by Crippen LogP contribution is -2.33. The zero-order valence-corrected chi connectivity index (χ0v) is 12.3. The summed E-state index contributed by atoms with van der Waals surface area (Å²) in [7, 11) is -2.19. The van der Waals surface area contributed by atoms with E-state index in [2.05, 4.69) is 6.58 Å². The van der Waals surface area contributed by atoms with Crippen LogP contribution in [-0.2, 0) is 16.6 Å². The Morgan fingerprint density at radius 2 is 2.20 bits per heavy atom. The molecule has 6 nitrogen and oxygen atoms in total. The quantitative estimate of drug-likeness (QED) is 0.675. The molecule has 0 saturated carbocycles. The van der Waals surface area contributed by atoms with Gasteiger partial charge in [0.15, 0.2) is 0 Å². The van der Waals surface area contributed by atoms with Gasteiger partial charge in [0, 0.05) is 25.2 Å². The molecule has 0 unspecified atom stereocenters. The van der Waals surface area contributed by atoms with Crippen LogP contribution in [-0.4, -0.2) is 44.6 Å². The largest absolute Gasteiger partial charge is 0.496 e. The van der Waals surface area contributed by atoms with Crippen LogP contribution >= 0.6 is 0 Å². The van der Waals surface area contributed by atoms with Gasteiger partial charge in [0.25, 0.3) is 0 Å². The smallest absolute Gasteiger partial charge is 0.243 e. The monoisotopic (exact) mass is 300 g/mol. The Balaban J connectivity index is 3.22. The summed E-state index contributed by atoms with van der Waals surface area (Å²) in [5, 5.41) is 8.98. The predicted molar refractivity (Wildman–Crippen MR) is 76.9 cm³/mol. The number of benzene rings is 1. The summed E-state index contributed by atoms with van der Waals surface area (Å²) in [6, 6.07) is 4.52. The molecule has 0 aliphatic heterocycles. The highest BCUT2D eigenvalue weighted by Gasteiger charge is 2.23. The van der Waals surface area contributed by atoms with E-state index in [9.17, 15) is 8.42 Å². The summed E-state index contributed by atoms with van der Waals surface area (Å²) in [6.07, 6.45) is 1.47. The third kappa shape index (κ3) is 3.57. The van der Waals surface area contributed by atoms with E-state index in [0.29, 0.717) is 11.3 Å². The lowest BCUT2D eigenvalue weighted by Gasteiger charge is -2.20. The lowest BCUT2D eigenvalue weighted by atomic mass is 10.2. The van der Waals surface area contributed by atoms with Gasteiger partial charge in [-0.05, 0) is 18.2 Å². The molecule has 1 rings (SSSR count). The number of hydrogen-bond donors (Lipinski definition) is 2. The van der Waals surface area contributed by atoms with Crippen molar-refractivity contribution in [3.63, 3.8) is 0 Å². The summed E-state index contributed by atoms with van der Waals surface area (Å²) < 4.78 is 31.2. The number of hydrogen-bond acceptors (Lipinski definition) is 5. The third-order valence-corrected chi connectivity index (χ3v) is 4.65. The van der Waals surface area contributed by atoms with Gasteiger partial charge in [0.2, 0.25) is 10.0 Å². The SMILES string of the molecule is C=CCN(CCO)S(=O)(=O)c1ccc(OC)c(CN)c1. The molecule has 20 heavy (non-hydrogen) atoms. The molecule has 0 radical (unpaired) electrons. The number of nitrogens with zero attached hydrogens (tertiary/aromatic N) is 1. The van der Waals surface area contributed by atoms with E-state index in [1.165, 1.54) is 25.3 Å². The second-order valence-corrected chi connectivity index (χ2v) is 5.99. The van der Waals surface area contributed by atoms with Gasteiger partial charge in [-0.3, -0.25) is 0 Å². The van der Waals surface area contributed by atoms with Crippen molar-refractivity contribution in [1.29, 1.82) is 0 Å². The summed E-state index contributed by atoms with van der Waals surface area (Å²) in [4.78, 5) is 0.119. The Kier molecular flexibility index (Phi) is 6.15. The lowest BCUT2D eigenvalue weighted by molar-refractivity contribution is 0.260. The standard InChI is InChI=1S/C13H20N2O4S/c1-3-6-15(7-8-16)20(17,18)12-4-5-13(19-2)11(9-12)10-14/h3-5,9,16H,1,6-8,10,14H2,2H3. The first kappa shape index (κ1) is 16.6. The number of aliphatic hydroxyl groups is 1. The molecular formula is C13H20N2O4S. The third-order valence-electron chi connectivity index (χ3n) is 2.79. The first-order valence-electron chi connectivity index (χ1n) is 6.10. The van der Waals surface area contributed by atoms with Crippen molar-refractivity contribution in [2.75, 3.05) is 26.8 Å². The van der Waals surface area contributed by atoms with Gasteiger partial charge in [-0.25, -0.2) is 8.42 Å². The zero-order valence-electron chi connectivity index (χ0n) is 11.4. The Morgan fingerprint density at radius 1 is 1.50 bits per heavy atom. The van der Waals surface area contributed by atoms with E-state index in [1.54, 1.807) is 6.07 Å². The maximum atomic E-state index is 12.5. The number of nitrogens with two attached hydrogens (primary N) is 1. The van der Waals surface area contributed by atoms with Gasteiger partial charge in [0.1, 0.15) is 5.75 Å². The number of methoxy groups -OCH3 is 1. The van der Waals surface area contributed by atoms with Crippen molar-refractivity contribution >= 4 is 10.0 Å². The highest BCUT2D eigenvalue weighted by Crippen LogP contribution is 2.24. The average Bonchev–Trinajstić information content (AvgIpc) is 2.46. The molecule has 112 valence electrons. The van der Waals surface area contributed by atoms with Gasteiger partial charge in [-0.15, -0.1) is 6.58 Å². The van der Waals surface area contributed by atoms with E-state index in [1.807, 2.05) is 0 Å². The molecule has 1 aromatic rings. The molecule has 7 heteroatoms. The molecule has 0 fully saturated rings. The maximum absolute atomic E-state index is 12.5. The number of sulfonamides is 1. The summed E-state index contributed by atoms with van der Waals surface area (Å²) >= 11 is 0. The van der Waals surface area contributed by atoms with Gasteiger partial charge in [-0.2, -0.15) is 4.31 Å². The molecule has 0 aliphatic carbocycles. The molecule has 0 spiro atoms. The highest BCUT2D eigenvalue weighted by atomic mass is 32.2. The minimum Gasteiger partial charge on any atom is -0.496 e. The van der Waals surface area contributed by atoms with Crippen molar-refractivity contribution < 1.29 is 18.3 Å². The number of rotatable bonds is 8. The number of ether oxygens (including phenoxy) is 1. The molecule has 0 aliphatic rings. The highest BCUT2D eigenvalue weighted by molar-refractivity contribution is 7.89. The van der Waals surface area contributed by atoms with Crippen LogP contribution in [0.25, 0.3) is 0 Å². The second-order valence-electron chi connectivity index (χ2n) is 4.05. The van der Waals surface area contributed by atoms with Crippen LogP contribution in [0.15, 0.2) is 35.7 Å². The molecule has 0 aromatic heterocycles. The molecule has 0 heterocycles. The molecular weight excluding hydrogens is 280 g/mol. The van der Waals surface area contributed by atoms with E-state index < -0.39 is 10.0 Å². The number of aliphatic hydroxyl groups excluding tert-OH is 1. The van der Waals surface area contributed by atoms with Crippen LogP contribution in [0.3, 0.4) is 0 Å². The predicted octanol–water partition coefficient (Wildman–Crippen LogP) is 0.323. The van der Waals surface area contributed by atoms with Crippen LogP contribution < -0.4 is 10.5 Å². The van der Waals surface area contributed by atoms with Gasteiger partial charge >= 0.3 is 0 Å². The first-order chi connectivity index (χ1) is 9.51. The van der Waals surface area contributed by atoms with Crippen LogP contribution in [0.4, 0.5) is 0 Å². The molecule has 1 aromatic carbocycles. The normalized spacial score (nSPS) is 11.6. The molecule has 0 saturated heterocycles. The Labute approximate surface area is 119 Å². The molecule has 0 amide bonds. The fraction of sp³-hybridized carbons (Fsp3) is 0.385. The maximum Gasteiger partial charge on any atom is 0.243 e. The Bertz CT molecular complexity index is 557. The van der Waals surface area contributed by atoms with Crippen LogP contribution in [0.2, 0.25) is 0 Å². The molecule has 0 bridgehead atoms. The summed E-state index contributed by atoms with van der Waals surface area (Å²) in [6.45, 7) is 3.58. The van der Waals surface area contributed by atoms with E-state index in [-0.39, 0.29) is 31.1 Å². The summed E-state index contributed by atoms with van der Waals surface area (Å²) in [5.74, 6) is 0.545. The van der Waals surface area contributed by atoms with Crippen molar-refractivity contribution in [2.24, 2.45) is 5.73 Å².